The fourth-order valence-electron chi connectivity index (χ4n) is 12.6. The molecular formula is C66H55NS. The first-order chi connectivity index (χ1) is 33.2. The summed E-state index contributed by atoms with van der Waals surface area (Å²) in [5.74, 6) is 0. The molecule has 0 aliphatic heterocycles. The normalized spacial score (nSPS) is 18.1. The number of allylic oxidation sites excluding steroid dienone is 7. The van der Waals surface area contributed by atoms with Gasteiger partial charge in [-0.25, -0.2) is 0 Å². The van der Waals surface area contributed by atoms with Gasteiger partial charge in [0.15, 0.2) is 0 Å². The highest BCUT2D eigenvalue weighted by molar-refractivity contribution is 7.19. The summed E-state index contributed by atoms with van der Waals surface area (Å²) in [6.45, 7) is 9.63. The Labute approximate surface area is 405 Å². The molecule has 0 spiro atoms. The SMILES string of the molecule is CC1(C)c2ccccc2-c2c(N(C3=CC=C(C4=Cc5c(sc6ccccc56)CC4)CC3)C3C=CC(c4ccc5c(c4)-c4cc(-c6ccccc6)cc(-c6ccccc6)c4C5(C)C)=CC3)cccc21. The number of hydrogen-bond acceptors (Lipinski definition) is 2. The largest absolute Gasteiger partial charge is 0.337 e. The van der Waals surface area contributed by atoms with Crippen molar-refractivity contribution in [3.8, 4) is 44.5 Å². The highest BCUT2D eigenvalue weighted by atomic mass is 32.1. The molecule has 0 radical (unpaired) electrons. The quantitative estimate of drug-likeness (QED) is 0.154. The van der Waals surface area contributed by atoms with Crippen LogP contribution in [0.1, 0.15) is 91.6 Å². The Hall–Kier alpha value is -7.00. The topological polar surface area (TPSA) is 3.24 Å². The molecule has 0 amide bonds. The molecule has 8 aromatic rings. The molecule has 5 aliphatic rings. The number of rotatable bonds is 7. The van der Waals surface area contributed by atoms with Crippen molar-refractivity contribution in [1.82, 2.24) is 0 Å². The van der Waals surface area contributed by atoms with Crippen LogP contribution in [0.4, 0.5) is 5.69 Å². The van der Waals surface area contributed by atoms with Crippen molar-refractivity contribution in [2.75, 3.05) is 4.90 Å². The number of aryl methyl sites for hydroxylation is 1. The molecule has 13 rings (SSSR count). The van der Waals surface area contributed by atoms with Gasteiger partial charge in [0.05, 0.1) is 6.04 Å². The van der Waals surface area contributed by atoms with E-state index >= 15 is 0 Å². The lowest BCUT2D eigenvalue weighted by Gasteiger charge is -2.38. The first kappa shape index (κ1) is 41.2. The average molecular weight is 894 g/mol. The molecule has 1 atom stereocenters. The van der Waals surface area contributed by atoms with E-state index in [4.69, 9.17) is 0 Å². The predicted octanol–water partition coefficient (Wildman–Crippen LogP) is 17.7. The summed E-state index contributed by atoms with van der Waals surface area (Å²) < 4.78 is 1.41. The smallest absolute Gasteiger partial charge is 0.0557 e. The molecule has 2 heteroatoms. The summed E-state index contributed by atoms with van der Waals surface area (Å²) in [6, 6.07) is 59.3. The van der Waals surface area contributed by atoms with Crippen LogP contribution < -0.4 is 4.90 Å². The zero-order valence-corrected chi connectivity index (χ0v) is 40.3. The fraction of sp³-hybridized carbons (Fsp3) is 0.182. The van der Waals surface area contributed by atoms with E-state index in [0.717, 1.165) is 32.1 Å². The Morgan fingerprint density at radius 1 is 0.529 bits per heavy atom. The highest BCUT2D eigenvalue weighted by Crippen LogP contribution is 2.56. The monoisotopic (exact) mass is 893 g/mol. The van der Waals surface area contributed by atoms with Crippen LogP contribution in [-0.2, 0) is 17.3 Å². The van der Waals surface area contributed by atoms with E-state index in [1.807, 2.05) is 11.3 Å². The maximum absolute atomic E-state index is 2.71. The van der Waals surface area contributed by atoms with Crippen molar-refractivity contribution in [3.63, 3.8) is 0 Å². The summed E-state index contributed by atoms with van der Waals surface area (Å²) in [5, 5.41) is 1.41. The standard InChI is InChI=1S/C66H55NS/c1-65(2)57-22-13-11-21-52(57)63-59(65)23-15-24-60(63)67(50-34-28-44(29-35-50)47-31-37-62-55(39-47)51-20-12-14-25-61(51)68-62)49-32-26-43(27-33-49)46-30-36-58-54(38-46)56-41-48(42-16-7-5-8-17-42)40-53(64(56)66(58,3)4)45-18-9-6-10-19-45/h5-28,30,32,34,36,38-41,49H,29,31,33,35,37H2,1-4H3. The molecule has 5 aliphatic carbocycles. The van der Waals surface area contributed by atoms with Crippen molar-refractivity contribution in [3.05, 3.63) is 243 Å². The molecule has 1 heterocycles. The second kappa shape index (κ2) is 15.8. The van der Waals surface area contributed by atoms with Crippen molar-refractivity contribution < 1.29 is 0 Å². The molecule has 7 aromatic carbocycles. The zero-order chi connectivity index (χ0) is 45.7. The van der Waals surface area contributed by atoms with Gasteiger partial charge in [-0.15, -0.1) is 11.3 Å². The molecular weight excluding hydrogens is 839 g/mol. The summed E-state index contributed by atoms with van der Waals surface area (Å²) in [7, 11) is 0. The molecule has 330 valence electrons. The Kier molecular flexibility index (Phi) is 9.57. The van der Waals surface area contributed by atoms with Gasteiger partial charge in [0.1, 0.15) is 0 Å². The predicted molar refractivity (Wildman–Crippen MR) is 290 cm³/mol. The number of anilines is 1. The van der Waals surface area contributed by atoms with E-state index < -0.39 is 0 Å². The summed E-state index contributed by atoms with van der Waals surface area (Å²) >= 11 is 1.98. The molecule has 0 bridgehead atoms. The molecule has 68 heavy (non-hydrogen) atoms. The van der Waals surface area contributed by atoms with Crippen LogP contribution in [0.3, 0.4) is 0 Å². The van der Waals surface area contributed by atoms with E-state index in [9.17, 15) is 0 Å². The van der Waals surface area contributed by atoms with Crippen molar-refractivity contribution >= 4 is 38.8 Å². The summed E-state index contributed by atoms with van der Waals surface area (Å²) in [5.41, 5.74) is 25.7. The number of benzene rings is 7. The molecule has 1 nitrogen and oxygen atoms in total. The summed E-state index contributed by atoms with van der Waals surface area (Å²) in [6.07, 6.45) is 20.1. The third-order valence-corrected chi connectivity index (χ3v) is 17.3. The van der Waals surface area contributed by atoms with Crippen LogP contribution in [0, 0.1) is 0 Å². The Morgan fingerprint density at radius 3 is 2.03 bits per heavy atom. The Morgan fingerprint density at radius 2 is 1.24 bits per heavy atom. The Balaban J connectivity index is 0.882. The molecule has 1 aromatic heterocycles. The number of hydrogen-bond donors (Lipinski definition) is 0. The fourth-order valence-corrected chi connectivity index (χ4v) is 13.8. The lowest BCUT2D eigenvalue weighted by molar-refractivity contribution is 0.659. The van der Waals surface area contributed by atoms with Crippen LogP contribution >= 0.6 is 11.3 Å². The third-order valence-electron chi connectivity index (χ3n) is 16.0. The lowest BCUT2D eigenvalue weighted by atomic mass is 9.78. The first-order valence-corrected chi connectivity index (χ1v) is 25.5. The van der Waals surface area contributed by atoms with Gasteiger partial charge in [-0.2, -0.15) is 0 Å². The van der Waals surface area contributed by atoms with E-state index in [1.54, 1.807) is 0 Å². The molecule has 1 unspecified atom stereocenters. The van der Waals surface area contributed by atoms with Gasteiger partial charge in [-0.05, 0) is 169 Å². The average Bonchev–Trinajstić information content (AvgIpc) is 3.96. The van der Waals surface area contributed by atoms with Crippen molar-refractivity contribution in [2.24, 2.45) is 0 Å². The van der Waals surface area contributed by atoms with Crippen LogP contribution in [0.25, 0.3) is 66.2 Å². The summed E-state index contributed by atoms with van der Waals surface area (Å²) in [4.78, 5) is 4.25. The molecule has 0 saturated heterocycles. The second-order valence-corrected chi connectivity index (χ2v) is 21.7. The van der Waals surface area contributed by atoms with Gasteiger partial charge in [-0.3, -0.25) is 0 Å². The van der Waals surface area contributed by atoms with Crippen molar-refractivity contribution in [2.45, 2.75) is 76.7 Å². The van der Waals surface area contributed by atoms with Crippen LogP contribution in [0.5, 0.6) is 0 Å². The van der Waals surface area contributed by atoms with E-state index in [1.165, 1.54) is 121 Å². The lowest BCUT2D eigenvalue weighted by Crippen LogP contribution is -2.35. The minimum Gasteiger partial charge on any atom is -0.337 e. The van der Waals surface area contributed by atoms with Crippen LogP contribution in [-0.4, -0.2) is 6.04 Å². The van der Waals surface area contributed by atoms with Gasteiger partial charge in [0.2, 0.25) is 0 Å². The van der Waals surface area contributed by atoms with Crippen LogP contribution in [0.15, 0.2) is 205 Å². The van der Waals surface area contributed by atoms with E-state index in [-0.39, 0.29) is 16.9 Å². The van der Waals surface area contributed by atoms with Gasteiger partial charge in [0.25, 0.3) is 0 Å². The van der Waals surface area contributed by atoms with Gasteiger partial charge >= 0.3 is 0 Å². The number of fused-ring (bicyclic) bond motifs is 9. The van der Waals surface area contributed by atoms with Gasteiger partial charge in [0, 0.05) is 37.4 Å². The minimum atomic E-state index is -0.147. The van der Waals surface area contributed by atoms with Gasteiger partial charge < -0.3 is 4.90 Å². The molecule has 0 N–H and O–H groups in total. The van der Waals surface area contributed by atoms with E-state index in [0.29, 0.717) is 0 Å². The second-order valence-electron chi connectivity index (χ2n) is 20.6. The number of thiophene rings is 1. The maximum Gasteiger partial charge on any atom is 0.0557 e. The third kappa shape index (κ3) is 6.48. The first-order valence-electron chi connectivity index (χ1n) is 24.7. The van der Waals surface area contributed by atoms with Crippen LogP contribution in [0.2, 0.25) is 0 Å². The van der Waals surface area contributed by atoms with Gasteiger partial charge in [-0.1, -0.05) is 179 Å². The number of nitrogens with zero attached hydrogens (tertiary/aromatic N) is 1. The maximum atomic E-state index is 2.71. The highest BCUT2D eigenvalue weighted by Gasteiger charge is 2.40. The van der Waals surface area contributed by atoms with Crippen molar-refractivity contribution in [1.29, 1.82) is 0 Å². The molecule has 0 saturated carbocycles. The zero-order valence-electron chi connectivity index (χ0n) is 39.4. The Bertz CT molecular complexity index is 3530. The molecule has 0 fully saturated rings. The minimum absolute atomic E-state index is 0.0697. The van der Waals surface area contributed by atoms with E-state index in [2.05, 4.69) is 227 Å².